The summed E-state index contributed by atoms with van der Waals surface area (Å²) < 4.78 is 0. The first kappa shape index (κ1) is 37.3. The summed E-state index contributed by atoms with van der Waals surface area (Å²) in [6.45, 7) is 14.1. The maximum Gasteiger partial charge on any atom is 0.0651 e. The van der Waals surface area contributed by atoms with Crippen molar-refractivity contribution in [1.29, 1.82) is 0 Å². The van der Waals surface area contributed by atoms with E-state index in [0.29, 0.717) is 10.3 Å². The molecule has 3 aliphatic carbocycles. The number of hydrogen-bond donors (Lipinski definition) is 0. The van der Waals surface area contributed by atoms with Crippen LogP contribution in [0.1, 0.15) is 70.2 Å². The van der Waals surface area contributed by atoms with Gasteiger partial charge in [-0.15, -0.1) is 5.73 Å². The van der Waals surface area contributed by atoms with Crippen molar-refractivity contribution < 1.29 is 17.1 Å². The zero-order chi connectivity index (χ0) is 34.4. The van der Waals surface area contributed by atoms with Crippen LogP contribution in [0.15, 0.2) is 180 Å². The third kappa shape index (κ3) is 8.32. The second kappa shape index (κ2) is 16.4. The maximum atomic E-state index is 3.26. The average Bonchev–Trinajstić information content (AvgIpc) is 3.76. The molecule has 0 atom stereocenters. The van der Waals surface area contributed by atoms with Crippen LogP contribution < -0.4 is 0 Å². The summed E-state index contributed by atoms with van der Waals surface area (Å²) in [6.07, 6.45) is 16.1. The Balaban J connectivity index is 0.000000275. The van der Waals surface area contributed by atoms with E-state index >= 15 is 0 Å². The van der Waals surface area contributed by atoms with Crippen molar-refractivity contribution >= 4 is 24.6 Å². The van der Waals surface area contributed by atoms with Gasteiger partial charge in [-0.3, -0.25) is 0 Å². The van der Waals surface area contributed by atoms with E-state index in [0.717, 1.165) is 6.42 Å². The molecular weight excluding hydrogens is 663 g/mol. The van der Waals surface area contributed by atoms with Crippen molar-refractivity contribution in [2.24, 2.45) is 0 Å². The molecule has 7 rings (SSSR count). The van der Waals surface area contributed by atoms with Crippen LogP contribution >= 0.6 is 7.92 Å². The third-order valence-corrected chi connectivity index (χ3v) is 12.4. The summed E-state index contributed by atoms with van der Waals surface area (Å²) >= 11 is 0. The molecule has 0 saturated carbocycles. The molecule has 0 amide bonds. The molecule has 0 unspecified atom stereocenters. The monoisotopic (exact) mass is 710 g/mol. The van der Waals surface area contributed by atoms with Gasteiger partial charge in [-0.25, -0.2) is 0 Å². The van der Waals surface area contributed by atoms with E-state index in [1.54, 1.807) is 5.31 Å². The minimum atomic E-state index is -0.101. The fraction of sp³-hybridized carbons (Fsp3) is 0.188. The second-order valence-corrected chi connectivity index (χ2v) is 18.5. The van der Waals surface area contributed by atoms with Gasteiger partial charge in [-0.1, -0.05) is 195 Å². The van der Waals surface area contributed by atoms with Gasteiger partial charge in [0, 0.05) is 23.5 Å². The third-order valence-electron chi connectivity index (χ3n) is 8.89. The van der Waals surface area contributed by atoms with E-state index in [-0.39, 0.29) is 25.0 Å². The van der Waals surface area contributed by atoms with Gasteiger partial charge in [0.15, 0.2) is 0 Å². The van der Waals surface area contributed by atoms with E-state index in [4.69, 9.17) is 0 Å². The van der Waals surface area contributed by atoms with Crippen LogP contribution in [0.4, 0.5) is 0 Å². The van der Waals surface area contributed by atoms with Crippen LogP contribution in [0.3, 0.4) is 0 Å². The predicted molar refractivity (Wildman–Crippen MR) is 215 cm³/mol. The fourth-order valence-electron chi connectivity index (χ4n) is 7.45. The standard InChI is InChI=1S/C35H25.C13H22P.Fe/c1-6-16-26(17-7-1)31-32(27-18-8-2-9-19-27)34(29-22-12-4-13-23-29)35(30-24-14-5-15-25-30)33(31)28-20-10-3-11-21-28;1-12(2,3)14(13(4,5)6)11-9-7-8-10-11;/h1-4,6-24H,25H2;7-10H,1-6H3;. The predicted octanol–water partition coefficient (Wildman–Crippen LogP) is 13.4. The van der Waals surface area contributed by atoms with E-state index in [1.165, 1.54) is 56.0 Å². The Morgan fingerprint density at radius 1 is 0.500 bits per heavy atom. The molecule has 4 aromatic carbocycles. The van der Waals surface area contributed by atoms with Gasteiger partial charge in [0.25, 0.3) is 0 Å². The summed E-state index contributed by atoms with van der Waals surface area (Å²) in [5, 5.41) is 2.32. The summed E-state index contributed by atoms with van der Waals surface area (Å²) in [5.74, 6) is 1.30. The Hall–Kier alpha value is -3.95. The molecule has 2 radical (unpaired) electrons. The van der Waals surface area contributed by atoms with E-state index in [9.17, 15) is 0 Å². The number of allylic oxidation sites excluding steroid dienone is 11. The molecule has 3 aliphatic rings. The quantitative estimate of drug-likeness (QED) is 0.106. The van der Waals surface area contributed by atoms with Crippen LogP contribution in [0.25, 0.3) is 16.7 Å². The van der Waals surface area contributed by atoms with E-state index < -0.39 is 0 Å². The summed E-state index contributed by atoms with van der Waals surface area (Å²) in [7, 11) is -0.101. The topological polar surface area (TPSA) is 0 Å². The summed E-state index contributed by atoms with van der Waals surface area (Å²) in [6, 6.07) is 43.4. The first-order valence-electron chi connectivity index (χ1n) is 17.4. The Kier molecular flexibility index (Phi) is 12.2. The van der Waals surface area contributed by atoms with Gasteiger partial charge >= 0.3 is 0 Å². The van der Waals surface area contributed by atoms with Gasteiger partial charge in [-0.2, -0.15) is 0 Å². The molecule has 0 fully saturated rings. The maximum absolute atomic E-state index is 3.26. The Bertz CT molecular complexity index is 1960. The van der Waals surface area contributed by atoms with Gasteiger partial charge < -0.3 is 0 Å². The van der Waals surface area contributed by atoms with Crippen molar-refractivity contribution in [1.82, 2.24) is 0 Å². The normalized spacial score (nSPS) is 15.9. The molecular formula is C48H47FeP. The zero-order valence-corrected chi connectivity index (χ0v) is 32.1. The molecule has 2 heteroatoms. The molecule has 0 spiro atoms. The molecule has 0 aromatic heterocycles. The number of rotatable bonds is 6. The van der Waals surface area contributed by atoms with E-state index in [1.807, 2.05) is 6.08 Å². The Morgan fingerprint density at radius 3 is 1.34 bits per heavy atom. The molecule has 0 heterocycles. The molecule has 0 bridgehead atoms. The molecule has 0 N–H and O–H groups in total. The smallest absolute Gasteiger partial charge is 0.0651 e. The van der Waals surface area contributed by atoms with Crippen LogP contribution in [-0.2, 0) is 17.1 Å². The van der Waals surface area contributed by atoms with Gasteiger partial charge in [0.05, 0.1) is 5.92 Å². The summed E-state index contributed by atoms with van der Waals surface area (Å²) in [4.78, 5) is 0. The minimum Gasteiger partial charge on any atom is -0.125 e. The number of benzene rings is 4. The van der Waals surface area contributed by atoms with Crippen LogP contribution in [0, 0.1) is 12.3 Å². The van der Waals surface area contributed by atoms with Crippen molar-refractivity contribution in [2.75, 3.05) is 0 Å². The van der Waals surface area contributed by atoms with Gasteiger partial charge in [0.2, 0.25) is 0 Å². The molecule has 50 heavy (non-hydrogen) atoms. The molecule has 0 nitrogen and oxygen atoms in total. The van der Waals surface area contributed by atoms with E-state index in [2.05, 4.69) is 205 Å². The van der Waals surface area contributed by atoms with Crippen molar-refractivity contribution in [2.45, 2.75) is 58.3 Å². The van der Waals surface area contributed by atoms with Gasteiger partial charge in [0.1, 0.15) is 0 Å². The largest absolute Gasteiger partial charge is 0.125 e. The molecule has 0 saturated heterocycles. The molecule has 0 aliphatic heterocycles. The van der Waals surface area contributed by atoms with Crippen LogP contribution in [0.2, 0.25) is 0 Å². The average molecular weight is 711 g/mol. The van der Waals surface area contributed by atoms with Crippen molar-refractivity contribution in [3.63, 3.8) is 0 Å². The van der Waals surface area contributed by atoms with Gasteiger partial charge in [-0.05, 0) is 84.3 Å². The minimum absolute atomic E-state index is 0. The van der Waals surface area contributed by atoms with Crippen molar-refractivity contribution in [3.05, 3.63) is 215 Å². The van der Waals surface area contributed by atoms with Crippen LogP contribution in [0.5, 0.6) is 0 Å². The Labute approximate surface area is 313 Å². The fourth-order valence-corrected chi connectivity index (χ4v) is 11.5. The van der Waals surface area contributed by atoms with Crippen molar-refractivity contribution in [3.8, 4) is 0 Å². The first-order valence-corrected chi connectivity index (χ1v) is 18.7. The SMILES string of the molecule is C1=CC=C(C2=C(c3ccccc3)C(c3ccccc3)=C(c3ccccc3)[C]2c2ccccc2)CC=1.CC(C)(C)P(C1=CC=C[CH]1)C(C)(C)C.[Fe]. The molecule has 4 aromatic rings. The molecule has 252 valence electrons. The van der Waals surface area contributed by atoms with Crippen LogP contribution in [-0.4, -0.2) is 10.3 Å². The summed E-state index contributed by atoms with van der Waals surface area (Å²) in [5.41, 5.74) is 14.7. The number of hydrogen-bond acceptors (Lipinski definition) is 0. The first-order chi connectivity index (χ1) is 23.6. The second-order valence-electron chi connectivity index (χ2n) is 14.6. The Morgan fingerprint density at radius 2 is 0.940 bits per heavy atom. The zero-order valence-electron chi connectivity index (χ0n) is 30.1.